The van der Waals surface area contributed by atoms with Gasteiger partial charge in [-0.1, -0.05) is 41.9 Å². The molecule has 12 heteroatoms. The van der Waals surface area contributed by atoms with E-state index in [0.29, 0.717) is 45.4 Å². The van der Waals surface area contributed by atoms with E-state index >= 15 is 0 Å². The molecule has 0 amide bonds. The second kappa shape index (κ2) is 17.9. The van der Waals surface area contributed by atoms with Gasteiger partial charge in [-0.05, 0) is 86.1 Å². The molecule has 1 saturated heterocycles. The van der Waals surface area contributed by atoms with Crippen LogP contribution < -0.4 is 19.5 Å². The molecule has 3 aromatic carbocycles. The second-order valence-electron chi connectivity index (χ2n) is 13.7. The van der Waals surface area contributed by atoms with Crippen molar-refractivity contribution in [2.45, 2.75) is 71.9 Å². The van der Waals surface area contributed by atoms with E-state index in [0.717, 1.165) is 66.0 Å². The van der Waals surface area contributed by atoms with E-state index in [9.17, 15) is 25.4 Å². The number of aliphatic carboxylic acids is 1. The van der Waals surface area contributed by atoms with Gasteiger partial charge in [0.1, 0.15) is 42.1 Å². The van der Waals surface area contributed by atoms with Crippen LogP contribution in [0.1, 0.15) is 58.7 Å². The van der Waals surface area contributed by atoms with Crippen LogP contribution in [0.15, 0.2) is 60.9 Å². The summed E-state index contributed by atoms with van der Waals surface area (Å²) in [4.78, 5) is 18.3. The lowest BCUT2D eigenvalue weighted by Gasteiger charge is -2.26. The zero-order valence-electron chi connectivity index (χ0n) is 30.6. The fraction of sp³-hybridized carbons (Fsp3) is 0.390. The highest BCUT2D eigenvalue weighted by Gasteiger charge is 2.32. The number of nitrogens with one attached hydrogen (secondary N) is 1. The van der Waals surface area contributed by atoms with Crippen molar-refractivity contribution in [1.82, 2.24) is 15.2 Å². The molecule has 1 aromatic heterocycles. The summed E-state index contributed by atoms with van der Waals surface area (Å²) in [6.07, 6.45) is 4.56. The third-order valence-electron chi connectivity index (χ3n) is 9.85. The number of aliphatic hydroxyl groups is 2. The Balaban J connectivity index is 1.35. The van der Waals surface area contributed by atoms with Crippen LogP contribution in [0.5, 0.6) is 17.2 Å². The monoisotopic (exact) mass is 742 g/mol. The Hall–Kier alpha value is -4.70. The first-order valence-electron chi connectivity index (χ1n) is 17.7. The Morgan fingerprint density at radius 3 is 2.45 bits per heavy atom. The summed E-state index contributed by atoms with van der Waals surface area (Å²) < 4.78 is 18.8. The topological polar surface area (TPSA) is 157 Å². The summed E-state index contributed by atoms with van der Waals surface area (Å²) in [7, 11) is 0. The van der Waals surface area contributed by atoms with Crippen molar-refractivity contribution >= 4 is 17.6 Å². The van der Waals surface area contributed by atoms with E-state index < -0.39 is 18.1 Å². The molecule has 1 aliphatic rings. The number of ether oxygens (including phenoxy) is 3. The number of aromatic nitrogens is 1. The molecule has 0 unspecified atom stereocenters. The lowest BCUT2D eigenvalue weighted by molar-refractivity contribution is -0.145. The number of halogens is 1. The van der Waals surface area contributed by atoms with Crippen molar-refractivity contribution in [2.75, 3.05) is 32.8 Å². The van der Waals surface area contributed by atoms with E-state index in [1.54, 1.807) is 25.3 Å². The molecule has 2 heterocycles. The summed E-state index contributed by atoms with van der Waals surface area (Å²) in [5.41, 5.74) is 5.87. The summed E-state index contributed by atoms with van der Waals surface area (Å²) in [5, 5.41) is 41.9. The number of carbonyl (C=O) groups is 1. The molecule has 0 aliphatic carbocycles. The molecule has 4 aromatic rings. The lowest BCUT2D eigenvalue weighted by atomic mass is 9.93. The van der Waals surface area contributed by atoms with Gasteiger partial charge in [-0.25, -0.2) is 0 Å². The molecule has 0 radical (unpaired) electrons. The van der Waals surface area contributed by atoms with Gasteiger partial charge in [-0.3, -0.25) is 15.1 Å². The molecule has 0 bridgehead atoms. The molecular formula is C41H47ClN4O7. The van der Waals surface area contributed by atoms with Crippen LogP contribution in [0.3, 0.4) is 0 Å². The minimum absolute atomic E-state index is 0.0346. The number of carboxylic acid groups (broad SMARTS) is 1. The maximum atomic E-state index is 11.9. The van der Waals surface area contributed by atoms with Crippen LogP contribution in [-0.4, -0.2) is 75.7 Å². The molecule has 0 saturated carbocycles. The summed E-state index contributed by atoms with van der Waals surface area (Å²) in [6, 6.07) is 17.6. The highest BCUT2D eigenvalue weighted by Crippen LogP contribution is 2.39. The molecule has 4 N–H and O–H groups in total. The Morgan fingerprint density at radius 1 is 1.02 bits per heavy atom. The molecule has 1 aliphatic heterocycles. The van der Waals surface area contributed by atoms with Crippen LogP contribution in [0, 0.1) is 32.1 Å². The van der Waals surface area contributed by atoms with Crippen molar-refractivity contribution in [3.05, 3.63) is 105 Å². The number of likely N-dealkylation sites (tertiary alicyclic amines) is 1. The van der Waals surface area contributed by atoms with Crippen LogP contribution in [0.4, 0.5) is 0 Å². The van der Waals surface area contributed by atoms with Crippen molar-refractivity contribution in [3.8, 4) is 34.4 Å². The molecule has 53 heavy (non-hydrogen) atoms. The summed E-state index contributed by atoms with van der Waals surface area (Å²) in [5.74, 6) is 0.424. The third-order valence-corrected chi connectivity index (χ3v) is 10.3. The first-order chi connectivity index (χ1) is 25.4. The molecule has 5 rings (SSSR count). The number of nitriles is 1. The van der Waals surface area contributed by atoms with Crippen LogP contribution in [0.2, 0.25) is 5.02 Å². The molecule has 1 fully saturated rings. The van der Waals surface area contributed by atoms with Gasteiger partial charge >= 0.3 is 5.97 Å². The van der Waals surface area contributed by atoms with Crippen molar-refractivity contribution in [1.29, 1.82) is 5.26 Å². The standard InChI is InChI=1S/C41H47ClN4O7/c1-26-31(8-5-9-33(26)34-10-6-11-36(27(34)2)51-15-7-13-46-14-12-32(48)22-46)24-53-38-17-37(52-23-30-16-29(18-43)19-44-20-30)35(28(3)39(38)42)21-45-41(4,25-47)40(49)50/h5-6,8-11,16-17,19-20,32,45,47-48H,7,12-15,21-25H2,1-4H3,(H,49,50)/t32-,41+/m1/s1. The highest BCUT2D eigenvalue weighted by molar-refractivity contribution is 6.33. The molecular weight excluding hydrogens is 696 g/mol. The number of hydrogen-bond donors (Lipinski definition) is 4. The van der Waals surface area contributed by atoms with Gasteiger partial charge < -0.3 is 34.4 Å². The van der Waals surface area contributed by atoms with Gasteiger partial charge in [0.2, 0.25) is 0 Å². The third kappa shape index (κ3) is 9.65. The summed E-state index contributed by atoms with van der Waals surface area (Å²) in [6.45, 7) is 10.2. The molecule has 11 nitrogen and oxygen atoms in total. The Morgan fingerprint density at radius 2 is 1.75 bits per heavy atom. The Labute approximate surface area is 315 Å². The maximum absolute atomic E-state index is 11.9. The van der Waals surface area contributed by atoms with Crippen LogP contribution in [-0.2, 0) is 24.6 Å². The molecule has 0 spiro atoms. The number of hydrogen-bond acceptors (Lipinski definition) is 10. The van der Waals surface area contributed by atoms with E-state index in [1.807, 2.05) is 24.3 Å². The van der Waals surface area contributed by atoms with Crippen LogP contribution in [0.25, 0.3) is 11.1 Å². The fourth-order valence-corrected chi connectivity index (χ4v) is 6.55. The number of β-amino-alcohol motifs (C(OH)–C–C–N with tert-alkyl or cyclic N) is 1. The smallest absolute Gasteiger partial charge is 0.326 e. The zero-order chi connectivity index (χ0) is 38.1. The first kappa shape index (κ1) is 39.5. The van der Waals surface area contributed by atoms with Gasteiger partial charge in [0.25, 0.3) is 0 Å². The number of pyridine rings is 1. The molecule has 2 atom stereocenters. The number of nitrogens with zero attached hydrogens (tertiary/aromatic N) is 3. The van der Waals surface area contributed by atoms with E-state index in [2.05, 4.69) is 47.3 Å². The zero-order valence-corrected chi connectivity index (χ0v) is 31.4. The summed E-state index contributed by atoms with van der Waals surface area (Å²) >= 11 is 6.89. The highest BCUT2D eigenvalue weighted by atomic mass is 35.5. The van der Waals surface area contributed by atoms with Gasteiger partial charge in [-0.2, -0.15) is 5.26 Å². The molecule has 280 valence electrons. The number of benzene rings is 3. The average Bonchev–Trinajstić information content (AvgIpc) is 3.58. The lowest BCUT2D eigenvalue weighted by Crippen LogP contribution is -2.52. The van der Waals surface area contributed by atoms with Crippen molar-refractivity contribution in [2.24, 2.45) is 0 Å². The second-order valence-corrected chi connectivity index (χ2v) is 14.1. The predicted octanol–water partition coefficient (Wildman–Crippen LogP) is 6.12. The fourth-order valence-electron chi connectivity index (χ4n) is 6.33. The minimum Gasteiger partial charge on any atom is -0.493 e. The number of rotatable bonds is 17. The SMILES string of the molecule is Cc1c(COc2cc(OCc3cncc(C#N)c3)c(CN[C@@](C)(CO)C(=O)O)c(C)c2Cl)cccc1-c1cccc(OCCCN2CC[C@@H](O)C2)c1C. The minimum atomic E-state index is -1.60. The largest absolute Gasteiger partial charge is 0.493 e. The van der Waals surface area contributed by atoms with Crippen LogP contribution >= 0.6 is 11.6 Å². The van der Waals surface area contributed by atoms with Crippen molar-refractivity contribution < 1.29 is 34.3 Å². The van der Waals surface area contributed by atoms with Gasteiger partial charge in [0.05, 0.1) is 29.9 Å². The predicted molar refractivity (Wildman–Crippen MR) is 202 cm³/mol. The van der Waals surface area contributed by atoms with Gasteiger partial charge in [0.15, 0.2) is 0 Å². The van der Waals surface area contributed by atoms with E-state index in [4.69, 9.17) is 25.8 Å². The van der Waals surface area contributed by atoms with Gasteiger partial charge in [0, 0.05) is 55.8 Å². The van der Waals surface area contributed by atoms with Crippen molar-refractivity contribution in [3.63, 3.8) is 0 Å². The first-order valence-corrected chi connectivity index (χ1v) is 18.0. The number of carboxylic acids is 1. The van der Waals surface area contributed by atoms with Gasteiger partial charge in [-0.15, -0.1) is 0 Å². The Bertz CT molecular complexity index is 1970. The van der Waals surface area contributed by atoms with E-state index in [1.165, 1.54) is 13.1 Å². The number of aliphatic hydroxyl groups excluding tert-OH is 2. The Kier molecular flexibility index (Phi) is 13.3. The van der Waals surface area contributed by atoms with E-state index in [-0.39, 0.29) is 25.9 Å². The quantitative estimate of drug-likeness (QED) is 0.0925. The average molecular weight is 743 g/mol. The normalized spacial score (nSPS) is 15.5. The maximum Gasteiger partial charge on any atom is 0.326 e.